The number of nitrogens with one attached hydrogen (secondary N) is 1. The fraction of sp³-hybridized carbons (Fsp3) is 0.267. The van der Waals surface area contributed by atoms with E-state index >= 15 is 0 Å². The van der Waals surface area contributed by atoms with Crippen molar-refractivity contribution in [1.82, 2.24) is 14.9 Å². The number of carbonyl (C=O) groups is 1. The molecular formula is C15H16N4O2. The number of hydrogen-bond donors (Lipinski definition) is 1. The van der Waals surface area contributed by atoms with Gasteiger partial charge in [-0.25, -0.2) is 0 Å². The first-order valence-corrected chi connectivity index (χ1v) is 6.88. The number of hydrogen-bond acceptors (Lipinski definition) is 4. The second kappa shape index (κ2) is 5.78. The molecule has 0 spiro atoms. The predicted molar refractivity (Wildman–Crippen MR) is 79.4 cm³/mol. The first-order chi connectivity index (χ1) is 10.2. The van der Waals surface area contributed by atoms with Gasteiger partial charge in [0, 0.05) is 44.6 Å². The molecule has 0 radical (unpaired) electrons. The lowest BCUT2D eigenvalue weighted by Crippen LogP contribution is -2.49. The molecule has 0 atom stereocenters. The number of H-pyrrole nitrogens is 1. The fourth-order valence-corrected chi connectivity index (χ4v) is 2.42. The minimum atomic E-state index is -0.109. The molecule has 108 valence electrons. The van der Waals surface area contributed by atoms with E-state index in [0.29, 0.717) is 18.8 Å². The third kappa shape index (κ3) is 2.94. The molecule has 1 aliphatic rings. The normalized spacial score (nSPS) is 15.0. The van der Waals surface area contributed by atoms with Gasteiger partial charge in [0.05, 0.1) is 5.69 Å². The smallest absolute Gasteiger partial charge is 0.272 e. The van der Waals surface area contributed by atoms with Crippen LogP contribution < -0.4 is 10.5 Å². The maximum atomic E-state index is 12.3. The monoisotopic (exact) mass is 284 g/mol. The summed E-state index contributed by atoms with van der Waals surface area (Å²) in [5, 5.41) is 0. The van der Waals surface area contributed by atoms with E-state index in [-0.39, 0.29) is 11.5 Å². The van der Waals surface area contributed by atoms with Crippen LogP contribution in [0, 0.1) is 0 Å². The van der Waals surface area contributed by atoms with Crippen LogP contribution in [-0.4, -0.2) is 47.0 Å². The van der Waals surface area contributed by atoms with Crippen molar-refractivity contribution in [1.29, 1.82) is 0 Å². The van der Waals surface area contributed by atoms with Crippen LogP contribution in [-0.2, 0) is 0 Å². The zero-order valence-corrected chi connectivity index (χ0v) is 11.5. The zero-order chi connectivity index (χ0) is 14.7. The lowest BCUT2D eigenvalue weighted by atomic mass is 10.2. The molecule has 0 aliphatic carbocycles. The number of rotatable bonds is 2. The Morgan fingerprint density at radius 2 is 1.90 bits per heavy atom. The van der Waals surface area contributed by atoms with Crippen molar-refractivity contribution in [3.8, 4) is 0 Å². The van der Waals surface area contributed by atoms with E-state index in [4.69, 9.17) is 0 Å². The van der Waals surface area contributed by atoms with Gasteiger partial charge in [-0.2, -0.15) is 0 Å². The highest BCUT2D eigenvalue weighted by Crippen LogP contribution is 2.14. The van der Waals surface area contributed by atoms with Gasteiger partial charge in [0.1, 0.15) is 5.69 Å². The average molecular weight is 284 g/mol. The van der Waals surface area contributed by atoms with E-state index < -0.39 is 0 Å². The Kier molecular flexibility index (Phi) is 3.68. The van der Waals surface area contributed by atoms with Gasteiger partial charge in [-0.15, -0.1) is 0 Å². The molecule has 1 N–H and O–H groups in total. The molecule has 0 unspecified atom stereocenters. The Labute approximate surface area is 122 Å². The van der Waals surface area contributed by atoms with Crippen LogP contribution in [0.1, 0.15) is 10.5 Å². The Balaban J connectivity index is 1.64. The summed E-state index contributed by atoms with van der Waals surface area (Å²) in [5.41, 5.74) is 1.34. The van der Waals surface area contributed by atoms with Gasteiger partial charge in [-0.05, 0) is 18.2 Å². The van der Waals surface area contributed by atoms with Crippen LogP contribution in [0.3, 0.4) is 0 Å². The van der Waals surface area contributed by atoms with Crippen molar-refractivity contribution in [2.24, 2.45) is 0 Å². The molecule has 6 heteroatoms. The Bertz CT molecular complexity index is 655. The van der Waals surface area contributed by atoms with Crippen molar-refractivity contribution < 1.29 is 4.79 Å². The third-order valence-electron chi connectivity index (χ3n) is 3.58. The largest absolute Gasteiger partial charge is 0.367 e. The standard InChI is InChI=1S/C15H16N4O2/c20-14-5-4-12(11-17-14)18-7-9-19(10-8-18)15(21)13-3-1-2-6-16-13/h1-6,11H,7-10H2,(H,17,20). The molecule has 6 nitrogen and oxygen atoms in total. The lowest BCUT2D eigenvalue weighted by Gasteiger charge is -2.35. The number of aromatic nitrogens is 2. The van der Waals surface area contributed by atoms with Crippen LogP contribution in [0.25, 0.3) is 0 Å². The highest BCUT2D eigenvalue weighted by atomic mass is 16.2. The molecule has 1 saturated heterocycles. The predicted octanol–water partition coefficient (Wildman–Crippen LogP) is 0.732. The molecule has 21 heavy (non-hydrogen) atoms. The van der Waals surface area contributed by atoms with Gasteiger partial charge in [0.2, 0.25) is 5.56 Å². The summed E-state index contributed by atoms with van der Waals surface area (Å²) in [6, 6.07) is 8.66. The number of carbonyl (C=O) groups excluding carboxylic acids is 1. The molecule has 1 aliphatic heterocycles. The lowest BCUT2D eigenvalue weighted by molar-refractivity contribution is 0.0741. The molecule has 3 heterocycles. The quantitative estimate of drug-likeness (QED) is 0.883. The second-order valence-corrected chi connectivity index (χ2v) is 4.91. The first-order valence-electron chi connectivity index (χ1n) is 6.88. The molecule has 2 aromatic heterocycles. The molecule has 0 saturated carbocycles. The number of nitrogens with zero attached hydrogens (tertiary/aromatic N) is 3. The maximum Gasteiger partial charge on any atom is 0.272 e. The summed E-state index contributed by atoms with van der Waals surface area (Å²) in [6.07, 6.45) is 3.34. The molecule has 1 amide bonds. The van der Waals surface area contributed by atoms with Crippen molar-refractivity contribution in [2.75, 3.05) is 31.1 Å². The number of anilines is 1. The molecular weight excluding hydrogens is 268 g/mol. The van der Waals surface area contributed by atoms with Crippen LogP contribution in [0.2, 0.25) is 0 Å². The molecule has 1 fully saturated rings. The van der Waals surface area contributed by atoms with E-state index in [2.05, 4.69) is 14.9 Å². The summed E-state index contributed by atoms with van der Waals surface area (Å²) in [7, 11) is 0. The van der Waals surface area contributed by atoms with Crippen LogP contribution in [0.4, 0.5) is 5.69 Å². The number of aromatic amines is 1. The van der Waals surface area contributed by atoms with Crippen LogP contribution >= 0.6 is 0 Å². The fourth-order valence-electron chi connectivity index (χ4n) is 2.42. The van der Waals surface area contributed by atoms with Gasteiger partial charge in [0.25, 0.3) is 5.91 Å². The van der Waals surface area contributed by atoms with Crippen LogP contribution in [0.15, 0.2) is 47.5 Å². The van der Waals surface area contributed by atoms with Gasteiger partial charge in [-0.1, -0.05) is 6.07 Å². The van der Waals surface area contributed by atoms with Gasteiger partial charge in [-0.3, -0.25) is 14.6 Å². The third-order valence-corrected chi connectivity index (χ3v) is 3.58. The van der Waals surface area contributed by atoms with Crippen molar-refractivity contribution in [3.05, 3.63) is 58.8 Å². The number of amides is 1. The van der Waals surface area contributed by atoms with E-state index in [1.165, 1.54) is 6.07 Å². The Morgan fingerprint density at radius 3 is 2.52 bits per heavy atom. The van der Waals surface area contributed by atoms with Crippen molar-refractivity contribution in [3.63, 3.8) is 0 Å². The summed E-state index contributed by atoms with van der Waals surface area (Å²) in [6.45, 7) is 2.78. The Hall–Kier alpha value is -2.63. The number of pyridine rings is 2. The molecule has 2 aromatic rings. The summed E-state index contributed by atoms with van der Waals surface area (Å²) >= 11 is 0. The highest BCUT2D eigenvalue weighted by molar-refractivity contribution is 5.92. The van der Waals surface area contributed by atoms with E-state index in [9.17, 15) is 9.59 Å². The van der Waals surface area contributed by atoms with Gasteiger partial charge < -0.3 is 14.8 Å². The van der Waals surface area contributed by atoms with Crippen molar-refractivity contribution >= 4 is 11.6 Å². The van der Waals surface area contributed by atoms with Crippen LogP contribution in [0.5, 0.6) is 0 Å². The maximum absolute atomic E-state index is 12.3. The van der Waals surface area contributed by atoms with Crippen molar-refractivity contribution in [2.45, 2.75) is 0 Å². The van der Waals surface area contributed by atoms with E-state index in [0.717, 1.165) is 18.8 Å². The SMILES string of the molecule is O=C(c1ccccn1)N1CCN(c2ccc(=O)[nH]c2)CC1. The van der Waals surface area contributed by atoms with Gasteiger partial charge in [0.15, 0.2) is 0 Å². The summed E-state index contributed by atoms with van der Waals surface area (Å²) in [4.78, 5) is 34.1. The molecule has 3 rings (SSSR count). The topological polar surface area (TPSA) is 69.3 Å². The summed E-state index contributed by atoms with van der Waals surface area (Å²) < 4.78 is 0. The highest BCUT2D eigenvalue weighted by Gasteiger charge is 2.22. The first kappa shape index (κ1) is 13.4. The Morgan fingerprint density at radius 1 is 1.10 bits per heavy atom. The van der Waals surface area contributed by atoms with E-state index in [1.54, 1.807) is 30.6 Å². The number of piperazine rings is 1. The minimum Gasteiger partial charge on any atom is -0.367 e. The van der Waals surface area contributed by atoms with Gasteiger partial charge >= 0.3 is 0 Å². The average Bonchev–Trinajstić information content (AvgIpc) is 2.56. The van der Waals surface area contributed by atoms with E-state index in [1.807, 2.05) is 11.0 Å². The minimum absolute atomic E-state index is 0.0308. The zero-order valence-electron chi connectivity index (χ0n) is 11.5. The molecule has 0 bridgehead atoms. The molecule has 0 aromatic carbocycles. The summed E-state index contributed by atoms with van der Waals surface area (Å²) in [5.74, 6) is -0.0308. The second-order valence-electron chi connectivity index (χ2n) is 4.91.